The first-order chi connectivity index (χ1) is 16.7. The molecule has 2 aromatic heterocycles. The molecule has 2 aliphatic heterocycles. The smallest absolute Gasteiger partial charge is 0.456 e. The number of anilines is 1. The summed E-state index contributed by atoms with van der Waals surface area (Å²) in [6, 6.07) is 3.37. The van der Waals surface area contributed by atoms with Crippen molar-refractivity contribution in [2.24, 2.45) is 5.92 Å². The van der Waals surface area contributed by atoms with E-state index in [0.29, 0.717) is 37.9 Å². The van der Waals surface area contributed by atoms with Gasteiger partial charge in [0.05, 0.1) is 38.4 Å². The van der Waals surface area contributed by atoms with Gasteiger partial charge in [-0.2, -0.15) is 22.0 Å². The second-order valence-electron chi connectivity index (χ2n) is 8.51. The lowest BCUT2D eigenvalue weighted by atomic mass is 9.97. The van der Waals surface area contributed by atoms with Gasteiger partial charge in [-0.05, 0) is 31.6 Å². The van der Waals surface area contributed by atoms with Crippen LogP contribution in [0, 0.1) is 5.92 Å². The Balaban J connectivity index is 1.35. The average Bonchev–Trinajstić information content (AvgIpc) is 2.85. The SMILES string of the molecule is COc1cc(N2CCC(COc3cc4c(cn3)OCCC4)CC2)c(OCC(F)(F)C(F)(F)F)cn1. The highest BCUT2D eigenvalue weighted by Crippen LogP contribution is 2.38. The summed E-state index contributed by atoms with van der Waals surface area (Å²) in [4.78, 5) is 10.0. The van der Waals surface area contributed by atoms with Crippen LogP contribution in [0.2, 0.25) is 0 Å². The van der Waals surface area contributed by atoms with Crippen molar-refractivity contribution in [1.29, 1.82) is 0 Å². The molecule has 4 heterocycles. The number of ether oxygens (including phenoxy) is 4. The van der Waals surface area contributed by atoms with E-state index in [-0.39, 0.29) is 17.5 Å². The number of nitrogens with zero attached hydrogens (tertiary/aromatic N) is 3. The molecule has 0 bridgehead atoms. The Morgan fingerprint density at radius 3 is 2.49 bits per heavy atom. The molecule has 0 aromatic carbocycles. The summed E-state index contributed by atoms with van der Waals surface area (Å²) in [5.41, 5.74) is 1.43. The van der Waals surface area contributed by atoms with E-state index in [9.17, 15) is 22.0 Å². The highest BCUT2D eigenvalue weighted by molar-refractivity contribution is 5.59. The van der Waals surface area contributed by atoms with Gasteiger partial charge in [0.2, 0.25) is 11.8 Å². The number of rotatable bonds is 8. The summed E-state index contributed by atoms with van der Waals surface area (Å²) >= 11 is 0. The van der Waals surface area contributed by atoms with Crippen molar-refractivity contribution in [1.82, 2.24) is 9.97 Å². The first kappa shape index (κ1) is 25.1. The quantitative estimate of drug-likeness (QED) is 0.485. The van der Waals surface area contributed by atoms with Gasteiger partial charge in [-0.1, -0.05) is 0 Å². The number of aryl methyl sites for hydroxylation is 1. The van der Waals surface area contributed by atoms with Gasteiger partial charge in [-0.25, -0.2) is 9.97 Å². The van der Waals surface area contributed by atoms with Crippen LogP contribution in [-0.2, 0) is 6.42 Å². The molecule has 0 saturated carbocycles. The molecule has 192 valence electrons. The largest absolute Gasteiger partial charge is 0.492 e. The number of hydrogen-bond donors (Lipinski definition) is 0. The van der Waals surface area contributed by atoms with Crippen LogP contribution in [0.5, 0.6) is 23.3 Å². The number of aromatic nitrogens is 2. The normalized spacial score (nSPS) is 16.9. The van der Waals surface area contributed by atoms with Gasteiger partial charge >= 0.3 is 12.1 Å². The number of methoxy groups -OCH3 is 1. The maximum Gasteiger partial charge on any atom is 0.456 e. The van der Waals surface area contributed by atoms with Gasteiger partial charge in [0, 0.05) is 30.8 Å². The fourth-order valence-electron chi connectivity index (χ4n) is 3.99. The molecule has 0 N–H and O–H groups in total. The van der Waals surface area contributed by atoms with E-state index in [1.165, 1.54) is 13.2 Å². The fourth-order valence-corrected chi connectivity index (χ4v) is 3.99. The Hall–Kier alpha value is -3.05. The predicted molar refractivity (Wildman–Crippen MR) is 116 cm³/mol. The van der Waals surface area contributed by atoms with Crippen molar-refractivity contribution in [3.05, 3.63) is 30.1 Å². The Morgan fingerprint density at radius 1 is 1.03 bits per heavy atom. The number of fused-ring (bicyclic) bond motifs is 1. The molecule has 0 aliphatic carbocycles. The number of pyridine rings is 2. The monoisotopic (exact) mass is 503 g/mol. The van der Waals surface area contributed by atoms with E-state index in [1.54, 1.807) is 6.20 Å². The molecule has 12 heteroatoms. The highest BCUT2D eigenvalue weighted by Gasteiger charge is 2.58. The van der Waals surface area contributed by atoms with E-state index in [0.717, 1.165) is 43.2 Å². The zero-order valence-electron chi connectivity index (χ0n) is 19.1. The third-order valence-electron chi connectivity index (χ3n) is 6.05. The molecule has 0 unspecified atom stereocenters. The maximum atomic E-state index is 13.4. The molecule has 7 nitrogen and oxygen atoms in total. The van der Waals surface area contributed by atoms with Crippen LogP contribution in [0.25, 0.3) is 0 Å². The summed E-state index contributed by atoms with van der Waals surface area (Å²) in [5.74, 6) is -3.39. The van der Waals surface area contributed by atoms with Crippen molar-refractivity contribution < 1.29 is 40.9 Å². The first-order valence-corrected chi connectivity index (χ1v) is 11.3. The molecule has 4 rings (SSSR count). The lowest BCUT2D eigenvalue weighted by Gasteiger charge is -2.34. The van der Waals surface area contributed by atoms with Gasteiger partial charge in [0.25, 0.3) is 0 Å². The minimum atomic E-state index is -5.70. The van der Waals surface area contributed by atoms with E-state index >= 15 is 0 Å². The third-order valence-corrected chi connectivity index (χ3v) is 6.05. The van der Waals surface area contributed by atoms with Crippen LogP contribution >= 0.6 is 0 Å². The molecule has 2 aliphatic rings. The molecule has 35 heavy (non-hydrogen) atoms. The molecular formula is C23H26F5N3O4. The Bertz CT molecular complexity index is 1010. The lowest BCUT2D eigenvalue weighted by Crippen LogP contribution is -2.42. The van der Waals surface area contributed by atoms with Crippen molar-refractivity contribution >= 4 is 5.69 Å². The standard InChI is InChI=1S/C23H26F5N3O4/c1-32-20-10-17(19(12-29-20)35-14-22(24,25)23(26,27)28)31-6-4-15(5-7-31)13-34-21-9-16-3-2-8-33-18(16)11-30-21/h9-12,15H,2-8,13-14H2,1H3. The fraction of sp³-hybridized carbons (Fsp3) is 0.565. The number of piperidine rings is 1. The maximum absolute atomic E-state index is 13.4. The van der Waals surface area contributed by atoms with Crippen molar-refractivity contribution in [2.75, 3.05) is 44.9 Å². The average molecular weight is 503 g/mol. The van der Waals surface area contributed by atoms with Crippen LogP contribution in [-0.4, -0.2) is 62.1 Å². The van der Waals surface area contributed by atoms with E-state index in [4.69, 9.17) is 18.9 Å². The van der Waals surface area contributed by atoms with Gasteiger partial charge < -0.3 is 23.8 Å². The molecule has 2 aromatic rings. The highest BCUT2D eigenvalue weighted by atomic mass is 19.4. The Kier molecular flexibility index (Phi) is 7.36. The molecule has 1 fully saturated rings. The van der Waals surface area contributed by atoms with Crippen LogP contribution in [0.3, 0.4) is 0 Å². The summed E-state index contributed by atoms with van der Waals surface area (Å²) in [5, 5.41) is 0. The zero-order chi connectivity index (χ0) is 25.1. The topological polar surface area (TPSA) is 65.9 Å². The molecule has 0 atom stereocenters. The zero-order valence-corrected chi connectivity index (χ0v) is 19.1. The molecule has 0 amide bonds. The van der Waals surface area contributed by atoms with E-state index in [2.05, 4.69) is 9.97 Å². The predicted octanol–water partition coefficient (Wildman–Crippen LogP) is 4.68. The van der Waals surface area contributed by atoms with Crippen LogP contribution in [0.1, 0.15) is 24.8 Å². The molecule has 0 spiro atoms. The number of alkyl halides is 5. The van der Waals surface area contributed by atoms with Crippen molar-refractivity contribution in [2.45, 2.75) is 37.8 Å². The van der Waals surface area contributed by atoms with Gasteiger partial charge in [0.15, 0.2) is 12.4 Å². The molecular weight excluding hydrogens is 477 g/mol. The molecule has 0 radical (unpaired) electrons. The van der Waals surface area contributed by atoms with Crippen molar-refractivity contribution in [3.63, 3.8) is 0 Å². The first-order valence-electron chi connectivity index (χ1n) is 11.3. The van der Waals surface area contributed by atoms with Gasteiger partial charge in [-0.3, -0.25) is 0 Å². The lowest BCUT2D eigenvalue weighted by molar-refractivity contribution is -0.289. The summed E-state index contributed by atoms with van der Waals surface area (Å²) in [6.07, 6.45) is 0.378. The van der Waals surface area contributed by atoms with Gasteiger partial charge in [0.1, 0.15) is 5.75 Å². The Morgan fingerprint density at radius 2 is 1.77 bits per heavy atom. The minimum absolute atomic E-state index is 0.162. The van der Waals surface area contributed by atoms with Crippen LogP contribution in [0.15, 0.2) is 24.5 Å². The summed E-state index contributed by atoms with van der Waals surface area (Å²) < 4.78 is 85.8. The number of hydrogen-bond acceptors (Lipinski definition) is 7. The van der Waals surface area contributed by atoms with Gasteiger partial charge in [-0.15, -0.1) is 0 Å². The van der Waals surface area contributed by atoms with Crippen LogP contribution in [0.4, 0.5) is 27.6 Å². The minimum Gasteiger partial charge on any atom is -0.492 e. The van der Waals surface area contributed by atoms with Crippen LogP contribution < -0.4 is 23.8 Å². The third kappa shape index (κ3) is 5.96. The second-order valence-corrected chi connectivity index (χ2v) is 8.51. The number of halogens is 5. The van der Waals surface area contributed by atoms with Crippen molar-refractivity contribution in [3.8, 4) is 23.3 Å². The summed E-state index contributed by atoms with van der Waals surface area (Å²) in [6.45, 7) is 0.369. The molecule has 1 saturated heterocycles. The van der Waals surface area contributed by atoms with E-state index < -0.39 is 18.7 Å². The Labute approximate surface area is 199 Å². The summed E-state index contributed by atoms with van der Waals surface area (Å²) in [7, 11) is 1.38. The second kappa shape index (κ2) is 10.3. The van der Waals surface area contributed by atoms with E-state index in [1.807, 2.05) is 11.0 Å².